The van der Waals surface area contributed by atoms with Gasteiger partial charge in [0.2, 0.25) is 11.7 Å². The van der Waals surface area contributed by atoms with Gasteiger partial charge in [0.15, 0.2) is 0 Å². The van der Waals surface area contributed by atoms with E-state index in [0.29, 0.717) is 31.0 Å². The lowest BCUT2D eigenvalue weighted by atomic mass is 10.2. The van der Waals surface area contributed by atoms with Crippen LogP contribution in [0.15, 0.2) is 63.5 Å². The van der Waals surface area contributed by atoms with E-state index in [1.165, 1.54) is 24.3 Å². The molecule has 7 nitrogen and oxygen atoms in total. The summed E-state index contributed by atoms with van der Waals surface area (Å²) in [5, 5.41) is 15.2. The number of nitrogens with zero attached hydrogens (tertiary/aromatic N) is 3. The number of rotatable bonds is 5. The van der Waals surface area contributed by atoms with Crippen LogP contribution >= 0.6 is 0 Å². The summed E-state index contributed by atoms with van der Waals surface area (Å²) in [4.78, 5) is 6.41. The standard InChI is InChI=1S/C22H18F3N3O4/c23-22(24,25)31-16-7-5-13(6-8-16)20-26-21(32-27-20)18-10-15(29)11-28(18)12-17-9-14-3-1-2-4-19(14)30-17/h1-9,15,18,29H,10-12H2/t15-,18+/m1/s1. The molecule has 166 valence electrons. The zero-order valence-electron chi connectivity index (χ0n) is 16.6. The first-order valence-electron chi connectivity index (χ1n) is 9.93. The predicted octanol–water partition coefficient (Wildman–Crippen LogP) is 4.69. The number of ether oxygens (including phenoxy) is 1. The van der Waals surface area contributed by atoms with E-state index in [0.717, 1.165) is 16.7 Å². The number of para-hydroxylation sites is 1. The zero-order valence-corrected chi connectivity index (χ0v) is 16.6. The van der Waals surface area contributed by atoms with Crippen molar-refractivity contribution in [1.82, 2.24) is 15.0 Å². The van der Waals surface area contributed by atoms with Gasteiger partial charge in [-0.05, 0) is 42.8 Å². The summed E-state index contributed by atoms with van der Waals surface area (Å²) in [7, 11) is 0. The molecule has 1 fully saturated rings. The number of halogens is 3. The van der Waals surface area contributed by atoms with Crippen LogP contribution in [0, 0.1) is 0 Å². The highest BCUT2D eigenvalue weighted by Gasteiger charge is 2.36. The highest BCUT2D eigenvalue weighted by atomic mass is 19.4. The molecule has 4 aromatic rings. The second-order valence-electron chi connectivity index (χ2n) is 7.61. The van der Waals surface area contributed by atoms with Gasteiger partial charge in [0.05, 0.1) is 18.7 Å². The summed E-state index contributed by atoms with van der Waals surface area (Å²) in [5.74, 6) is 0.984. The molecule has 5 rings (SSSR count). The number of aromatic nitrogens is 2. The molecule has 0 aliphatic carbocycles. The molecule has 1 N–H and O–H groups in total. The number of fused-ring (bicyclic) bond motifs is 1. The van der Waals surface area contributed by atoms with Gasteiger partial charge in [0.25, 0.3) is 0 Å². The zero-order chi connectivity index (χ0) is 22.3. The first kappa shape index (κ1) is 20.5. The third kappa shape index (κ3) is 4.32. The minimum Gasteiger partial charge on any atom is -0.460 e. The van der Waals surface area contributed by atoms with Crippen LogP contribution in [-0.2, 0) is 6.54 Å². The van der Waals surface area contributed by atoms with E-state index < -0.39 is 12.5 Å². The van der Waals surface area contributed by atoms with Gasteiger partial charge in [-0.15, -0.1) is 13.2 Å². The number of β-amino-alcohol motifs (C(OH)–C–C–N with tert-alkyl or cyclic N) is 1. The van der Waals surface area contributed by atoms with E-state index in [2.05, 4.69) is 14.9 Å². The third-order valence-electron chi connectivity index (χ3n) is 5.29. The number of benzene rings is 2. The Balaban J connectivity index is 1.33. The van der Waals surface area contributed by atoms with Crippen LogP contribution < -0.4 is 4.74 Å². The quantitative estimate of drug-likeness (QED) is 0.477. The van der Waals surface area contributed by atoms with E-state index in [1.807, 2.05) is 35.2 Å². The number of hydrogen-bond donors (Lipinski definition) is 1. The molecule has 10 heteroatoms. The van der Waals surface area contributed by atoms with E-state index in [-0.39, 0.29) is 17.6 Å². The van der Waals surface area contributed by atoms with Gasteiger partial charge in [0, 0.05) is 17.5 Å². The molecule has 1 aliphatic heterocycles. The van der Waals surface area contributed by atoms with Crippen molar-refractivity contribution in [2.75, 3.05) is 6.54 Å². The summed E-state index contributed by atoms with van der Waals surface area (Å²) >= 11 is 0. The Labute approximate surface area is 180 Å². The molecule has 0 bridgehead atoms. The van der Waals surface area contributed by atoms with Crippen molar-refractivity contribution in [1.29, 1.82) is 0 Å². The summed E-state index contributed by atoms with van der Waals surface area (Å²) in [6.45, 7) is 0.875. The summed E-state index contributed by atoms with van der Waals surface area (Å²) in [6.07, 6.45) is -4.90. The summed E-state index contributed by atoms with van der Waals surface area (Å²) in [5.41, 5.74) is 1.27. The van der Waals surface area contributed by atoms with Crippen molar-refractivity contribution in [3.8, 4) is 17.1 Å². The average molecular weight is 445 g/mol. The van der Waals surface area contributed by atoms with Crippen LogP contribution in [-0.4, -0.2) is 39.2 Å². The lowest BCUT2D eigenvalue weighted by Crippen LogP contribution is -2.24. The van der Waals surface area contributed by atoms with Gasteiger partial charge in [-0.3, -0.25) is 4.90 Å². The van der Waals surface area contributed by atoms with Crippen LogP contribution in [0.1, 0.15) is 24.1 Å². The Hall–Kier alpha value is -3.37. The molecule has 32 heavy (non-hydrogen) atoms. The number of furan rings is 1. The summed E-state index contributed by atoms with van der Waals surface area (Å²) < 4.78 is 52.2. The smallest absolute Gasteiger partial charge is 0.460 e. The van der Waals surface area contributed by atoms with E-state index in [9.17, 15) is 18.3 Å². The fourth-order valence-corrected chi connectivity index (χ4v) is 3.92. The molecule has 0 radical (unpaired) electrons. The van der Waals surface area contributed by atoms with Crippen LogP contribution in [0.25, 0.3) is 22.4 Å². The molecule has 2 atom stereocenters. The van der Waals surface area contributed by atoms with Gasteiger partial charge < -0.3 is 18.8 Å². The average Bonchev–Trinajstić information content (AvgIpc) is 3.45. The van der Waals surface area contributed by atoms with Crippen molar-refractivity contribution >= 4 is 11.0 Å². The van der Waals surface area contributed by atoms with Gasteiger partial charge in [-0.1, -0.05) is 23.4 Å². The SMILES string of the molecule is O[C@@H]1C[C@@H](c2nc(-c3ccc(OC(F)(F)F)cc3)no2)N(Cc2cc3ccccc3o2)C1. The Morgan fingerprint density at radius 3 is 2.66 bits per heavy atom. The molecular weight excluding hydrogens is 427 g/mol. The number of likely N-dealkylation sites (tertiary alicyclic amines) is 1. The van der Waals surface area contributed by atoms with Crippen molar-refractivity contribution in [3.63, 3.8) is 0 Å². The van der Waals surface area contributed by atoms with Crippen molar-refractivity contribution in [2.24, 2.45) is 0 Å². The first-order chi connectivity index (χ1) is 15.3. The van der Waals surface area contributed by atoms with Crippen LogP contribution in [0.3, 0.4) is 0 Å². The fraction of sp³-hybridized carbons (Fsp3) is 0.273. The highest BCUT2D eigenvalue weighted by Crippen LogP contribution is 2.34. The topological polar surface area (TPSA) is 84.8 Å². The van der Waals surface area contributed by atoms with Crippen LogP contribution in [0.5, 0.6) is 5.75 Å². The number of aliphatic hydroxyl groups excluding tert-OH is 1. The largest absolute Gasteiger partial charge is 0.573 e. The first-order valence-corrected chi connectivity index (χ1v) is 9.93. The van der Waals surface area contributed by atoms with E-state index in [4.69, 9.17) is 8.94 Å². The Morgan fingerprint density at radius 1 is 1.12 bits per heavy atom. The maximum absolute atomic E-state index is 12.3. The maximum Gasteiger partial charge on any atom is 0.573 e. The fourth-order valence-electron chi connectivity index (χ4n) is 3.92. The normalized spacial score (nSPS) is 19.6. The lowest BCUT2D eigenvalue weighted by Gasteiger charge is -2.19. The van der Waals surface area contributed by atoms with Crippen LogP contribution in [0.2, 0.25) is 0 Å². The second kappa shape index (κ2) is 7.95. The van der Waals surface area contributed by atoms with Gasteiger partial charge >= 0.3 is 6.36 Å². The van der Waals surface area contributed by atoms with Gasteiger partial charge in [0.1, 0.15) is 17.1 Å². The second-order valence-corrected chi connectivity index (χ2v) is 7.61. The molecule has 1 aliphatic rings. The van der Waals surface area contributed by atoms with Crippen molar-refractivity contribution in [2.45, 2.75) is 31.5 Å². The van der Waals surface area contributed by atoms with Gasteiger partial charge in [-0.25, -0.2) is 0 Å². The van der Waals surface area contributed by atoms with Crippen molar-refractivity contribution < 1.29 is 32.0 Å². The molecular formula is C22H18F3N3O4. The molecule has 3 heterocycles. The van der Waals surface area contributed by atoms with Crippen molar-refractivity contribution in [3.05, 3.63) is 66.2 Å². The van der Waals surface area contributed by atoms with E-state index >= 15 is 0 Å². The molecule has 0 spiro atoms. The molecule has 2 aromatic carbocycles. The Bertz CT molecular complexity index is 1190. The number of aliphatic hydroxyl groups is 1. The number of hydrogen-bond acceptors (Lipinski definition) is 7. The minimum atomic E-state index is -4.76. The highest BCUT2D eigenvalue weighted by molar-refractivity contribution is 5.77. The maximum atomic E-state index is 12.3. The Morgan fingerprint density at radius 2 is 1.91 bits per heavy atom. The lowest BCUT2D eigenvalue weighted by molar-refractivity contribution is -0.274. The van der Waals surface area contributed by atoms with E-state index in [1.54, 1.807) is 0 Å². The minimum absolute atomic E-state index is 0.239. The predicted molar refractivity (Wildman–Crippen MR) is 106 cm³/mol. The molecule has 2 aromatic heterocycles. The summed E-state index contributed by atoms with van der Waals surface area (Å²) in [6, 6.07) is 14.6. The molecule has 0 amide bonds. The molecule has 0 saturated carbocycles. The number of alkyl halides is 3. The Kier molecular flexibility index (Phi) is 5.10. The van der Waals surface area contributed by atoms with Crippen LogP contribution in [0.4, 0.5) is 13.2 Å². The van der Waals surface area contributed by atoms with Gasteiger partial charge in [-0.2, -0.15) is 4.98 Å². The molecule has 0 unspecified atom stereocenters. The molecule has 1 saturated heterocycles. The third-order valence-corrected chi connectivity index (χ3v) is 5.29. The monoisotopic (exact) mass is 445 g/mol.